The molecule has 4 rings (SSSR count). The Bertz CT molecular complexity index is 1170. The van der Waals surface area contributed by atoms with Gasteiger partial charge in [-0.1, -0.05) is 29.8 Å². The van der Waals surface area contributed by atoms with Crippen molar-refractivity contribution >= 4 is 40.4 Å². The number of halogens is 1. The topological polar surface area (TPSA) is 67.9 Å². The van der Waals surface area contributed by atoms with Gasteiger partial charge in [0.15, 0.2) is 0 Å². The van der Waals surface area contributed by atoms with Crippen molar-refractivity contribution in [3.8, 4) is 11.5 Å². The number of amides is 2. The molecule has 0 bridgehead atoms. The van der Waals surface area contributed by atoms with Gasteiger partial charge in [-0.15, -0.1) is 0 Å². The number of carbonyl (C=O) groups is 2. The van der Waals surface area contributed by atoms with Crippen LogP contribution in [-0.2, 0) is 9.59 Å². The number of hydrogen-bond acceptors (Lipinski definition) is 5. The van der Waals surface area contributed by atoms with Crippen molar-refractivity contribution < 1.29 is 19.1 Å². The summed E-state index contributed by atoms with van der Waals surface area (Å²) in [6.45, 7) is 0. The number of imide groups is 1. The van der Waals surface area contributed by atoms with E-state index in [-0.39, 0.29) is 11.3 Å². The molecular weight excluding hydrogens is 416 g/mol. The molecule has 0 radical (unpaired) electrons. The average Bonchev–Trinajstić information content (AvgIpc) is 3.03. The van der Waals surface area contributed by atoms with E-state index in [1.54, 1.807) is 87.0 Å². The van der Waals surface area contributed by atoms with Gasteiger partial charge in [0.2, 0.25) is 0 Å². The van der Waals surface area contributed by atoms with Gasteiger partial charge in [0.1, 0.15) is 17.2 Å². The summed E-state index contributed by atoms with van der Waals surface area (Å²) >= 11 is 6.10. The van der Waals surface area contributed by atoms with Gasteiger partial charge in [-0.2, -0.15) is 0 Å². The van der Waals surface area contributed by atoms with Crippen LogP contribution >= 0.6 is 11.6 Å². The van der Waals surface area contributed by atoms with Gasteiger partial charge in [-0.3, -0.25) is 9.59 Å². The molecule has 1 heterocycles. The zero-order valence-corrected chi connectivity index (χ0v) is 17.6. The number of ether oxygens (including phenoxy) is 2. The average molecular weight is 435 g/mol. The summed E-state index contributed by atoms with van der Waals surface area (Å²) in [4.78, 5) is 27.9. The van der Waals surface area contributed by atoms with Crippen LogP contribution < -0.4 is 19.7 Å². The summed E-state index contributed by atoms with van der Waals surface area (Å²) in [5, 5.41) is 3.54. The van der Waals surface area contributed by atoms with E-state index < -0.39 is 11.8 Å². The van der Waals surface area contributed by atoms with E-state index in [1.807, 2.05) is 0 Å². The lowest BCUT2D eigenvalue weighted by Crippen LogP contribution is -2.32. The lowest BCUT2D eigenvalue weighted by Gasteiger charge is -2.15. The molecule has 1 N–H and O–H groups in total. The Labute approximate surface area is 184 Å². The third kappa shape index (κ3) is 3.98. The molecule has 0 aliphatic carbocycles. The molecule has 0 saturated heterocycles. The fraction of sp³-hybridized carbons (Fsp3) is 0.0833. The van der Waals surface area contributed by atoms with Gasteiger partial charge in [-0.05, 0) is 60.2 Å². The Morgan fingerprint density at radius 2 is 1.42 bits per heavy atom. The maximum absolute atomic E-state index is 13.4. The van der Waals surface area contributed by atoms with Crippen molar-refractivity contribution in [2.45, 2.75) is 0 Å². The van der Waals surface area contributed by atoms with Crippen molar-refractivity contribution in [3.05, 3.63) is 89.1 Å². The molecule has 0 unspecified atom stereocenters. The predicted molar refractivity (Wildman–Crippen MR) is 120 cm³/mol. The van der Waals surface area contributed by atoms with E-state index in [1.165, 1.54) is 0 Å². The van der Waals surface area contributed by atoms with Crippen molar-refractivity contribution in [1.29, 1.82) is 0 Å². The first-order chi connectivity index (χ1) is 15.0. The van der Waals surface area contributed by atoms with E-state index in [4.69, 9.17) is 21.1 Å². The number of nitrogens with zero attached hydrogens (tertiary/aromatic N) is 1. The van der Waals surface area contributed by atoms with Crippen LogP contribution in [0.5, 0.6) is 11.5 Å². The van der Waals surface area contributed by atoms with Crippen LogP contribution in [0.2, 0.25) is 5.02 Å². The summed E-state index contributed by atoms with van der Waals surface area (Å²) in [5.41, 5.74) is 2.10. The summed E-state index contributed by atoms with van der Waals surface area (Å²) in [5.74, 6) is 0.434. The van der Waals surface area contributed by atoms with Crippen LogP contribution in [0.3, 0.4) is 0 Å². The molecule has 31 heavy (non-hydrogen) atoms. The third-order valence-electron chi connectivity index (χ3n) is 4.89. The zero-order valence-electron chi connectivity index (χ0n) is 16.9. The number of methoxy groups -OCH3 is 2. The van der Waals surface area contributed by atoms with Gasteiger partial charge < -0.3 is 14.8 Å². The quantitative estimate of drug-likeness (QED) is 0.567. The number of nitrogens with one attached hydrogen (secondary N) is 1. The van der Waals surface area contributed by atoms with Crippen molar-refractivity contribution in [2.75, 3.05) is 24.4 Å². The Kier molecular flexibility index (Phi) is 5.64. The minimum Gasteiger partial charge on any atom is -0.497 e. The molecule has 1 aliphatic rings. The molecule has 1 aliphatic heterocycles. The fourth-order valence-electron chi connectivity index (χ4n) is 3.34. The molecule has 7 heteroatoms. The molecule has 6 nitrogen and oxygen atoms in total. The molecule has 0 spiro atoms. The minimum atomic E-state index is -0.464. The Morgan fingerprint density at radius 3 is 2.00 bits per heavy atom. The van der Waals surface area contributed by atoms with Crippen LogP contribution in [-0.4, -0.2) is 26.0 Å². The van der Waals surface area contributed by atoms with Gasteiger partial charge in [0.05, 0.1) is 25.5 Å². The number of benzene rings is 3. The first-order valence-corrected chi connectivity index (χ1v) is 9.83. The number of hydrogen-bond donors (Lipinski definition) is 1. The Hall–Kier alpha value is -3.77. The van der Waals surface area contributed by atoms with E-state index in [0.717, 1.165) is 4.90 Å². The second-order valence-electron chi connectivity index (χ2n) is 6.76. The largest absolute Gasteiger partial charge is 0.497 e. The van der Waals surface area contributed by atoms with Gasteiger partial charge in [0, 0.05) is 10.7 Å². The predicted octanol–water partition coefficient (Wildman–Crippen LogP) is 4.75. The van der Waals surface area contributed by atoms with Gasteiger partial charge >= 0.3 is 0 Å². The first-order valence-electron chi connectivity index (χ1n) is 9.46. The summed E-state index contributed by atoms with van der Waals surface area (Å²) in [6.07, 6.45) is 0. The van der Waals surface area contributed by atoms with E-state index in [0.29, 0.717) is 33.5 Å². The normalized spacial score (nSPS) is 13.6. The van der Waals surface area contributed by atoms with Crippen LogP contribution in [0.4, 0.5) is 11.4 Å². The third-order valence-corrected chi connectivity index (χ3v) is 5.12. The van der Waals surface area contributed by atoms with Crippen molar-refractivity contribution in [3.63, 3.8) is 0 Å². The van der Waals surface area contributed by atoms with Crippen molar-refractivity contribution in [1.82, 2.24) is 0 Å². The highest BCUT2D eigenvalue weighted by Gasteiger charge is 2.40. The summed E-state index contributed by atoms with van der Waals surface area (Å²) < 4.78 is 10.4. The van der Waals surface area contributed by atoms with Crippen LogP contribution in [0.25, 0.3) is 5.57 Å². The Balaban J connectivity index is 1.79. The highest BCUT2D eigenvalue weighted by atomic mass is 35.5. The monoisotopic (exact) mass is 434 g/mol. The van der Waals surface area contributed by atoms with E-state index in [2.05, 4.69) is 5.32 Å². The molecule has 156 valence electrons. The highest BCUT2D eigenvalue weighted by Crippen LogP contribution is 2.35. The van der Waals surface area contributed by atoms with Crippen LogP contribution in [0, 0.1) is 0 Å². The van der Waals surface area contributed by atoms with E-state index >= 15 is 0 Å². The molecule has 0 saturated carbocycles. The maximum Gasteiger partial charge on any atom is 0.282 e. The number of rotatable bonds is 6. The lowest BCUT2D eigenvalue weighted by molar-refractivity contribution is -0.120. The molecule has 3 aromatic carbocycles. The molecular formula is C24H19ClN2O4. The van der Waals surface area contributed by atoms with Gasteiger partial charge in [0.25, 0.3) is 11.8 Å². The lowest BCUT2D eigenvalue weighted by atomic mass is 10.0. The van der Waals surface area contributed by atoms with Crippen molar-refractivity contribution in [2.24, 2.45) is 0 Å². The van der Waals surface area contributed by atoms with E-state index in [9.17, 15) is 9.59 Å². The molecule has 3 aromatic rings. The standard InChI is InChI=1S/C24H19ClN2O4/c1-30-19-10-6-15(7-11-19)21-22(26-17-8-12-20(31-2)13-9-17)24(29)27(23(21)28)18-5-3-4-16(25)14-18/h3-14,26H,1-2H3. The summed E-state index contributed by atoms with van der Waals surface area (Å²) in [7, 11) is 3.14. The Morgan fingerprint density at radius 1 is 0.806 bits per heavy atom. The second kappa shape index (κ2) is 8.53. The zero-order chi connectivity index (χ0) is 22.0. The molecule has 0 aromatic heterocycles. The second-order valence-corrected chi connectivity index (χ2v) is 7.19. The fourth-order valence-corrected chi connectivity index (χ4v) is 3.52. The minimum absolute atomic E-state index is 0.181. The SMILES string of the molecule is COc1ccc(NC2=C(c3ccc(OC)cc3)C(=O)N(c3cccc(Cl)c3)C2=O)cc1. The number of anilines is 2. The molecule has 0 atom stereocenters. The smallest absolute Gasteiger partial charge is 0.282 e. The van der Waals surface area contributed by atoms with Crippen LogP contribution in [0.1, 0.15) is 5.56 Å². The molecule has 0 fully saturated rings. The molecule has 2 amide bonds. The number of carbonyl (C=O) groups excluding carboxylic acids is 2. The first kappa shape index (κ1) is 20.5. The van der Waals surface area contributed by atoms with Crippen LogP contribution in [0.15, 0.2) is 78.5 Å². The van der Waals surface area contributed by atoms with Gasteiger partial charge in [-0.25, -0.2) is 4.90 Å². The summed E-state index contributed by atoms with van der Waals surface area (Å²) in [6, 6.07) is 20.7. The highest BCUT2D eigenvalue weighted by molar-refractivity contribution is 6.46. The maximum atomic E-state index is 13.4.